The predicted octanol–water partition coefficient (Wildman–Crippen LogP) is 2.69. The second kappa shape index (κ2) is 6.75. The van der Waals surface area contributed by atoms with E-state index in [0.717, 1.165) is 37.9 Å². The number of ether oxygens (including phenoxy) is 2. The van der Waals surface area contributed by atoms with Crippen molar-refractivity contribution in [3.63, 3.8) is 0 Å². The van der Waals surface area contributed by atoms with Crippen LogP contribution in [0.15, 0.2) is 18.2 Å². The van der Waals surface area contributed by atoms with E-state index in [4.69, 9.17) is 9.47 Å². The number of amides is 1. The number of para-hydroxylation sites is 1. The summed E-state index contributed by atoms with van der Waals surface area (Å²) >= 11 is 0. The summed E-state index contributed by atoms with van der Waals surface area (Å²) < 4.78 is 25.3. The molecule has 0 N–H and O–H groups in total. The molecule has 1 saturated heterocycles. The fraction of sp³-hybridized carbons (Fsp3) is 0.588. The number of hydrogen-bond donors (Lipinski definition) is 0. The highest BCUT2D eigenvalue weighted by atomic mass is 19.1. The number of rotatable bonds is 4. The van der Waals surface area contributed by atoms with Crippen molar-refractivity contribution in [2.24, 2.45) is 0 Å². The summed E-state index contributed by atoms with van der Waals surface area (Å²) in [5, 5.41) is 0. The molecule has 3 rings (SSSR count). The van der Waals surface area contributed by atoms with E-state index in [-0.39, 0.29) is 17.8 Å². The largest absolute Gasteiger partial charge is 0.376 e. The van der Waals surface area contributed by atoms with E-state index in [1.807, 2.05) is 6.07 Å². The second-order valence-electron chi connectivity index (χ2n) is 5.95. The van der Waals surface area contributed by atoms with Crippen molar-refractivity contribution in [1.29, 1.82) is 0 Å². The van der Waals surface area contributed by atoms with Gasteiger partial charge in [-0.1, -0.05) is 12.1 Å². The van der Waals surface area contributed by atoms with Gasteiger partial charge >= 0.3 is 0 Å². The Balaban J connectivity index is 1.67. The van der Waals surface area contributed by atoms with Crippen molar-refractivity contribution >= 4 is 11.6 Å². The fourth-order valence-electron chi connectivity index (χ4n) is 3.14. The smallest absolute Gasteiger partial charge is 0.255 e. The van der Waals surface area contributed by atoms with Crippen LogP contribution in [0.5, 0.6) is 0 Å². The number of anilines is 1. The van der Waals surface area contributed by atoms with Crippen molar-refractivity contribution in [2.75, 3.05) is 24.7 Å². The van der Waals surface area contributed by atoms with Gasteiger partial charge in [0, 0.05) is 13.2 Å². The van der Waals surface area contributed by atoms with Crippen molar-refractivity contribution < 1.29 is 18.7 Å². The zero-order valence-electron chi connectivity index (χ0n) is 12.9. The lowest BCUT2D eigenvalue weighted by atomic mass is 10.0. The number of carbonyl (C=O) groups is 1. The Morgan fingerprint density at radius 1 is 1.50 bits per heavy atom. The minimum absolute atomic E-state index is 0.0839. The van der Waals surface area contributed by atoms with Gasteiger partial charge < -0.3 is 14.4 Å². The first-order chi connectivity index (χ1) is 10.7. The van der Waals surface area contributed by atoms with Gasteiger partial charge in [0.05, 0.1) is 18.4 Å². The summed E-state index contributed by atoms with van der Waals surface area (Å²) in [5.41, 5.74) is 1.32. The molecule has 1 aromatic carbocycles. The molecule has 2 atom stereocenters. The Hall–Kier alpha value is -1.46. The lowest BCUT2D eigenvalue weighted by Gasteiger charge is -2.31. The maximum Gasteiger partial charge on any atom is 0.255 e. The molecular weight excluding hydrogens is 285 g/mol. The molecule has 0 radical (unpaired) electrons. The summed E-state index contributed by atoms with van der Waals surface area (Å²) in [6.45, 7) is 3.46. The van der Waals surface area contributed by atoms with Gasteiger partial charge in [0.2, 0.25) is 0 Å². The van der Waals surface area contributed by atoms with Crippen LogP contribution in [-0.4, -0.2) is 37.9 Å². The SMILES string of the molecule is C[C@@H](OC[C@@H]1CCCO1)C(=O)N1CCCc2cccc(F)c21. The van der Waals surface area contributed by atoms with Crippen LogP contribution < -0.4 is 4.90 Å². The third-order valence-electron chi connectivity index (χ3n) is 4.34. The van der Waals surface area contributed by atoms with E-state index in [2.05, 4.69) is 0 Å². The highest BCUT2D eigenvalue weighted by molar-refractivity contribution is 5.97. The first-order valence-electron chi connectivity index (χ1n) is 7.99. The average molecular weight is 307 g/mol. The number of hydrogen-bond acceptors (Lipinski definition) is 3. The van der Waals surface area contributed by atoms with E-state index in [1.54, 1.807) is 13.0 Å². The average Bonchev–Trinajstić information content (AvgIpc) is 3.05. The Morgan fingerprint density at radius 3 is 3.14 bits per heavy atom. The molecule has 22 heavy (non-hydrogen) atoms. The fourth-order valence-corrected chi connectivity index (χ4v) is 3.14. The first kappa shape index (κ1) is 15.4. The van der Waals surface area contributed by atoms with Crippen LogP contribution in [0.3, 0.4) is 0 Å². The summed E-state index contributed by atoms with van der Waals surface area (Å²) in [6, 6.07) is 4.98. The van der Waals surface area contributed by atoms with E-state index >= 15 is 0 Å². The number of nitrogens with zero attached hydrogens (tertiary/aromatic N) is 1. The molecule has 5 heteroatoms. The van der Waals surface area contributed by atoms with Crippen molar-refractivity contribution in [2.45, 2.75) is 44.8 Å². The van der Waals surface area contributed by atoms with Crippen molar-refractivity contribution in [3.8, 4) is 0 Å². The summed E-state index contributed by atoms with van der Waals surface area (Å²) in [6.07, 6.45) is 3.17. The third-order valence-corrected chi connectivity index (χ3v) is 4.34. The van der Waals surface area contributed by atoms with Gasteiger partial charge in [-0.3, -0.25) is 4.79 Å². The van der Waals surface area contributed by atoms with Gasteiger partial charge in [0.25, 0.3) is 5.91 Å². The lowest BCUT2D eigenvalue weighted by Crippen LogP contribution is -2.43. The topological polar surface area (TPSA) is 38.8 Å². The summed E-state index contributed by atoms with van der Waals surface area (Å²) in [4.78, 5) is 14.1. The number of benzene rings is 1. The van der Waals surface area contributed by atoms with E-state index in [9.17, 15) is 9.18 Å². The number of carbonyl (C=O) groups excluding carboxylic acids is 1. The number of aryl methyl sites for hydroxylation is 1. The molecule has 2 aliphatic rings. The van der Waals surface area contributed by atoms with Gasteiger partial charge in [-0.15, -0.1) is 0 Å². The number of fused-ring (bicyclic) bond motifs is 1. The lowest BCUT2D eigenvalue weighted by molar-refractivity contribution is -0.131. The first-order valence-corrected chi connectivity index (χ1v) is 7.99. The minimum Gasteiger partial charge on any atom is -0.376 e. The molecule has 0 bridgehead atoms. The van der Waals surface area contributed by atoms with Gasteiger partial charge in [-0.2, -0.15) is 0 Å². The van der Waals surface area contributed by atoms with E-state index in [1.165, 1.54) is 11.0 Å². The molecule has 2 heterocycles. The Labute approximate surface area is 130 Å². The molecule has 120 valence electrons. The highest BCUT2D eigenvalue weighted by Crippen LogP contribution is 2.30. The summed E-state index contributed by atoms with van der Waals surface area (Å²) in [5.74, 6) is -0.513. The molecule has 1 aromatic rings. The van der Waals surface area contributed by atoms with Gasteiger partial charge in [0.1, 0.15) is 11.9 Å². The van der Waals surface area contributed by atoms with E-state index in [0.29, 0.717) is 18.8 Å². The zero-order valence-corrected chi connectivity index (χ0v) is 12.9. The van der Waals surface area contributed by atoms with Crippen LogP contribution >= 0.6 is 0 Å². The molecule has 0 aliphatic carbocycles. The van der Waals surface area contributed by atoms with Crippen molar-refractivity contribution in [1.82, 2.24) is 0 Å². The Morgan fingerprint density at radius 2 is 2.36 bits per heavy atom. The van der Waals surface area contributed by atoms with Crippen LogP contribution in [0, 0.1) is 5.82 Å². The predicted molar refractivity (Wildman–Crippen MR) is 81.5 cm³/mol. The molecule has 0 unspecified atom stereocenters. The monoisotopic (exact) mass is 307 g/mol. The van der Waals surface area contributed by atoms with Crippen LogP contribution in [-0.2, 0) is 20.7 Å². The molecule has 1 amide bonds. The Kier molecular flexibility index (Phi) is 4.74. The van der Waals surface area contributed by atoms with Crippen LogP contribution in [0.1, 0.15) is 31.7 Å². The molecule has 1 fully saturated rings. The third kappa shape index (κ3) is 3.15. The van der Waals surface area contributed by atoms with Crippen LogP contribution in [0.2, 0.25) is 0 Å². The van der Waals surface area contributed by atoms with Crippen LogP contribution in [0.4, 0.5) is 10.1 Å². The molecule has 4 nitrogen and oxygen atoms in total. The second-order valence-corrected chi connectivity index (χ2v) is 5.95. The molecular formula is C17H22FNO3. The standard InChI is InChI=1S/C17H22FNO3/c1-12(22-11-14-7-4-10-21-14)17(20)19-9-3-6-13-5-2-8-15(18)16(13)19/h2,5,8,12,14H,3-4,6-7,9-11H2,1H3/t12-,14+/m1/s1. The van der Waals surface area contributed by atoms with Gasteiger partial charge in [-0.05, 0) is 44.2 Å². The van der Waals surface area contributed by atoms with Crippen molar-refractivity contribution in [3.05, 3.63) is 29.6 Å². The maximum absolute atomic E-state index is 14.1. The molecule has 0 saturated carbocycles. The molecule has 0 spiro atoms. The molecule has 0 aromatic heterocycles. The van der Waals surface area contributed by atoms with E-state index < -0.39 is 6.10 Å². The Bertz CT molecular complexity index is 543. The summed E-state index contributed by atoms with van der Waals surface area (Å²) in [7, 11) is 0. The normalized spacial score (nSPS) is 22.5. The van der Waals surface area contributed by atoms with Gasteiger partial charge in [0.15, 0.2) is 0 Å². The van der Waals surface area contributed by atoms with Crippen LogP contribution in [0.25, 0.3) is 0 Å². The minimum atomic E-state index is -0.588. The molecule has 2 aliphatic heterocycles. The zero-order chi connectivity index (χ0) is 15.5. The quantitative estimate of drug-likeness (QED) is 0.858. The highest BCUT2D eigenvalue weighted by Gasteiger charge is 2.29. The number of halogens is 1. The van der Waals surface area contributed by atoms with Gasteiger partial charge in [-0.25, -0.2) is 4.39 Å². The maximum atomic E-state index is 14.1.